The molecule has 1 aromatic rings. The molecule has 2 N–H and O–H groups in total. The molecule has 5 heteroatoms. The summed E-state index contributed by atoms with van der Waals surface area (Å²) < 4.78 is 0. The van der Waals surface area contributed by atoms with Gasteiger partial charge in [-0.15, -0.1) is 0 Å². The molecule has 0 bridgehead atoms. The Hall–Kier alpha value is -1.62. The third kappa shape index (κ3) is 4.03. The van der Waals surface area contributed by atoms with Crippen molar-refractivity contribution in [2.24, 2.45) is 0 Å². The average Bonchev–Trinajstić information content (AvgIpc) is 2.29. The Labute approximate surface area is 101 Å². The van der Waals surface area contributed by atoms with Gasteiger partial charge in [0.2, 0.25) is 0 Å². The third-order valence-electron chi connectivity index (χ3n) is 2.37. The maximum Gasteiger partial charge on any atom is 0.254 e. The van der Waals surface area contributed by atoms with Gasteiger partial charge in [0.05, 0.1) is 5.56 Å². The number of nitrogens with one attached hydrogen (secondary N) is 1. The molecule has 1 rings (SSSR count). The van der Waals surface area contributed by atoms with Crippen LogP contribution in [-0.4, -0.2) is 47.6 Å². The third-order valence-corrected chi connectivity index (χ3v) is 2.37. The number of hydrogen-bond acceptors (Lipinski definition) is 4. The Morgan fingerprint density at radius 1 is 1.53 bits per heavy atom. The Morgan fingerprint density at radius 2 is 2.24 bits per heavy atom. The van der Waals surface area contributed by atoms with E-state index < -0.39 is 0 Å². The summed E-state index contributed by atoms with van der Waals surface area (Å²) in [5, 5.41) is 11.9. The zero-order valence-corrected chi connectivity index (χ0v) is 10.5. The summed E-state index contributed by atoms with van der Waals surface area (Å²) >= 11 is 0. The van der Waals surface area contributed by atoms with Crippen LogP contribution in [0.25, 0.3) is 0 Å². The van der Waals surface area contributed by atoms with Gasteiger partial charge < -0.3 is 15.3 Å². The molecule has 1 amide bonds. The Balaban J connectivity index is 2.65. The van der Waals surface area contributed by atoms with Crippen LogP contribution in [0.2, 0.25) is 0 Å². The lowest BCUT2D eigenvalue weighted by Crippen LogP contribution is -2.22. The predicted molar refractivity (Wildman–Crippen MR) is 67.0 cm³/mol. The number of aromatic nitrogens is 1. The maximum absolute atomic E-state index is 11.6. The van der Waals surface area contributed by atoms with Crippen molar-refractivity contribution in [1.29, 1.82) is 0 Å². The molecule has 1 aromatic heterocycles. The molecule has 0 radical (unpaired) electrons. The van der Waals surface area contributed by atoms with E-state index in [1.54, 1.807) is 32.4 Å². The van der Waals surface area contributed by atoms with Crippen LogP contribution in [0.4, 0.5) is 5.82 Å². The highest BCUT2D eigenvalue weighted by molar-refractivity contribution is 5.93. The molecule has 0 aliphatic carbocycles. The molecule has 0 aliphatic rings. The van der Waals surface area contributed by atoms with Gasteiger partial charge in [-0.25, -0.2) is 4.98 Å². The molecule has 94 valence electrons. The summed E-state index contributed by atoms with van der Waals surface area (Å²) in [6.07, 6.45) is 2.22. The summed E-state index contributed by atoms with van der Waals surface area (Å²) in [4.78, 5) is 17.3. The minimum absolute atomic E-state index is 0.0625. The van der Waals surface area contributed by atoms with Gasteiger partial charge in [-0.05, 0) is 25.5 Å². The number of hydrogen-bond donors (Lipinski definition) is 2. The molecular weight excluding hydrogens is 218 g/mol. The minimum atomic E-state index is -0.0625. The largest absolute Gasteiger partial charge is 0.396 e. The van der Waals surface area contributed by atoms with Gasteiger partial charge in [-0.3, -0.25) is 4.79 Å². The second-order valence-corrected chi connectivity index (χ2v) is 4.19. The van der Waals surface area contributed by atoms with Crippen LogP contribution in [0.5, 0.6) is 0 Å². The lowest BCUT2D eigenvalue weighted by atomic mass is 10.2. The van der Waals surface area contributed by atoms with Crippen LogP contribution in [0, 0.1) is 0 Å². The number of carbonyl (C=O) groups excluding carboxylic acids is 1. The van der Waals surface area contributed by atoms with Gasteiger partial charge in [0.1, 0.15) is 5.82 Å². The Bertz CT molecular complexity index is 363. The van der Waals surface area contributed by atoms with Crippen molar-refractivity contribution < 1.29 is 9.90 Å². The van der Waals surface area contributed by atoms with Crippen molar-refractivity contribution >= 4 is 11.7 Å². The van der Waals surface area contributed by atoms with Crippen LogP contribution in [0.15, 0.2) is 18.3 Å². The van der Waals surface area contributed by atoms with Gasteiger partial charge in [-0.2, -0.15) is 0 Å². The highest BCUT2D eigenvalue weighted by atomic mass is 16.3. The smallest absolute Gasteiger partial charge is 0.254 e. The normalized spacial score (nSPS) is 12.0. The number of anilines is 1. The molecule has 1 atom stereocenters. The fraction of sp³-hybridized carbons (Fsp3) is 0.500. The predicted octanol–water partition coefficient (Wildman–Crippen LogP) is 0.966. The molecule has 0 saturated heterocycles. The number of carbonyl (C=O) groups is 1. The number of amides is 1. The van der Waals surface area contributed by atoms with Crippen molar-refractivity contribution in [3.05, 3.63) is 23.9 Å². The summed E-state index contributed by atoms with van der Waals surface area (Å²) in [5.41, 5.74) is 0.565. The van der Waals surface area contributed by atoms with E-state index in [2.05, 4.69) is 10.3 Å². The van der Waals surface area contributed by atoms with Crippen LogP contribution >= 0.6 is 0 Å². The van der Waals surface area contributed by atoms with Crippen molar-refractivity contribution in [2.45, 2.75) is 19.4 Å². The first-order valence-electron chi connectivity index (χ1n) is 5.59. The SMILES string of the molecule is CC(CCO)Nc1ccc(C(=O)N(C)C)cn1. The summed E-state index contributed by atoms with van der Waals surface area (Å²) in [6, 6.07) is 3.66. The first-order valence-corrected chi connectivity index (χ1v) is 5.59. The van der Waals surface area contributed by atoms with E-state index >= 15 is 0 Å². The molecule has 0 aromatic carbocycles. The average molecular weight is 237 g/mol. The number of aliphatic hydroxyl groups is 1. The summed E-state index contributed by atoms with van der Waals surface area (Å²) in [7, 11) is 3.41. The fourth-order valence-electron chi connectivity index (χ4n) is 1.38. The molecule has 1 unspecified atom stereocenters. The van der Waals surface area contributed by atoms with Gasteiger partial charge in [0.25, 0.3) is 5.91 Å². The number of nitrogens with zero attached hydrogens (tertiary/aromatic N) is 2. The van der Waals surface area contributed by atoms with Crippen LogP contribution in [0.1, 0.15) is 23.7 Å². The number of rotatable bonds is 5. The lowest BCUT2D eigenvalue weighted by Gasteiger charge is -2.14. The van der Waals surface area contributed by atoms with Crippen molar-refractivity contribution in [3.63, 3.8) is 0 Å². The van der Waals surface area contributed by atoms with E-state index in [0.29, 0.717) is 17.8 Å². The molecule has 0 aliphatic heterocycles. The van der Waals surface area contributed by atoms with E-state index in [-0.39, 0.29) is 18.6 Å². The molecule has 0 spiro atoms. The van der Waals surface area contributed by atoms with Crippen LogP contribution in [-0.2, 0) is 0 Å². The maximum atomic E-state index is 11.6. The van der Waals surface area contributed by atoms with Gasteiger partial charge in [0.15, 0.2) is 0 Å². The van der Waals surface area contributed by atoms with Crippen LogP contribution < -0.4 is 5.32 Å². The minimum Gasteiger partial charge on any atom is -0.396 e. The molecule has 5 nitrogen and oxygen atoms in total. The molecule has 1 heterocycles. The zero-order chi connectivity index (χ0) is 12.8. The Kier molecular flexibility index (Phi) is 4.90. The second-order valence-electron chi connectivity index (χ2n) is 4.19. The van der Waals surface area contributed by atoms with Crippen molar-refractivity contribution in [2.75, 3.05) is 26.0 Å². The first kappa shape index (κ1) is 13.4. The summed E-state index contributed by atoms with van der Waals surface area (Å²) in [6.45, 7) is 2.11. The van der Waals surface area contributed by atoms with Crippen molar-refractivity contribution in [3.8, 4) is 0 Å². The molecule has 0 fully saturated rings. The van der Waals surface area contributed by atoms with Gasteiger partial charge in [0, 0.05) is 32.9 Å². The van der Waals surface area contributed by atoms with Crippen LogP contribution in [0.3, 0.4) is 0 Å². The molecule has 17 heavy (non-hydrogen) atoms. The highest BCUT2D eigenvalue weighted by Crippen LogP contribution is 2.08. The standard InChI is InChI=1S/C12H19N3O2/c1-9(6-7-16)14-11-5-4-10(8-13-11)12(17)15(2)3/h4-5,8-9,16H,6-7H2,1-3H3,(H,13,14). The van der Waals surface area contributed by atoms with Crippen molar-refractivity contribution in [1.82, 2.24) is 9.88 Å². The van der Waals surface area contributed by atoms with Gasteiger partial charge in [-0.1, -0.05) is 0 Å². The van der Waals surface area contributed by atoms with E-state index in [4.69, 9.17) is 5.11 Å². The second kappa shape index (κ2) is 6.20. The molecule has 0 saturated carbocycles. The highest BCUT2D eigenvalue weighted by Gasteiger charge is 2.08. The quantitative estimate of drug-likeness (QED) is 0.800. The zero-order valence-electron chi connectivity index (χ0n) is 10.5. The van der Waals surface area contributed by atoms with Gasteiger partial charge >= 0.3 is 0 Å². The monoisotopic (exact) mass is 237 g/mol. The fourth-order valence-corrected chi connectivity index (χ4v) is 1.38. The van der Waals surface area contributed by atoms with E-state index in [1.165, 1.54) is 4.90 Å². The Morgan fingerprint density at radius 3 is 2.71 bits per heavy atom. The molecular formula is C12H19N3O2. The number of pyridine rings is 1. The first-order chi connectivity index (χ1) is 8.04. The lowest BCUT2D eigenvalue weighted by molar-refractivity contribution is 0.0827. The van der Waals surface area contributed by atoms with E-state index in [1.807, 2.05) is 6.92 Å². The topological polar surface area (TPSA) is 65.5 Å². The van der Waals surface area contributed by atoms with E-state index in [0.717, 1.165) is 0 Å². The summed E-state index contributed by atoms with van der Waals surface area (Å²) in [5.74, 6) is 0.647. The number of aliphatic hydroxyl groups excluding tert-OH is 1. The van der Waals surface area contributed by atoms with E-state index in [9.17, 15) is 4.79 Å².